The first kappa shape index (κ1) is 20.5. The van der Waals surface area contributed by atoms with Crippen LogP contribution in [0, 0.1) is 6.92 Å². The summed E-state index contributed by atoms with van der Waals surface area (Å²) in [7, 11) is 1.88. The van der Waals surface area contributed by atoms with Crippen molar-refractivity contribution in [2.75, 3.05) is 36.4 Å². The summed E-state index contributed by atoms with van der Waals surface area (Å²) in [6, 6.07) is 7.68. The number of nitrogens with zero attached hydrogens (tertiary/aromatic N) is 8. The van der Waals surface area contributed by atoms with Gasteiger partial charge in [0.25, 0.3) is 5.91 Å². The van der Waals surface area contributed by atoms with Crippen molar-refractivity contribution in [2.24, 2.45) is 7.05 Å². The van der Waals surface area contributed by atoms with Crippen molar-refractivity contribution in [3.05, 3.63) is 52.4 Å². The standard InChI is InChI=1S/C21H23N9OS/c1-14-3-5-15(6-4-14)25-20(31)21-27-26-17(32-21)12-29-7-9-30(10-8-29)19-16-11-24-28(2)18(16)22-13-23-19/h3-6,11,13H,7-10,12H2,1-2H3,(H,25,31). The van der Waals surface area contributed by atoms with Gasteiger partial charge in [-0.2, -0.15) is 5.10 Å². The van der Waals surface area contributed by atoms with Gasteiger partial charge in [-0.05, 0) is 19.1 Å². The number of hydrogen-bond donors (Lipinski definition) is 1. The van der Waals surface area contributed by atoms with E-state index in [0.29, 0.717) is 11.6 Å². The topological polar surface area (TPSA) is 105 Å². The summed E-state index contributed by atoms with van der Waals surface area (Å²) in [5.74, 6) is 0.695. The normalized spacial score (nSPS) is 14.8. The van der Waals surface area contributed by atoms with Crippen LogP contribution in [0.5, 0.6) is 0 Å². The predicted octanol–water partition coefficient (Wildman–Crippen LogP) is 2.10. The molecule has 10 nitrogen and oxygen atoms in total. The lowest BCUT2D eigenvalue weighted by Crippen LogP contribution is -2.46. The summed E-state index contributed by atoms with van der Waals surface area (Å²) in [5.41, 5.74) is 2.73. The number of nitrogens with one attached hydrogen (secondary N) is 1. The molecule has 1 aliphatic rings. The van der Waals surface area contributed by atoms with Crippen molar-refractivity contribution in [1.82, 2.24) is 34.8 Å². The van der Waals surface area contributed by atoms with Gasteiger partial charge in [-0.1, -0.05) is 29.0 Å². The number of carbonyl (C=O) groups excluding carboxylic acids is 1. The molecule has 1 aliphatic heterocycles. The molecule has 4 aromatic rings. The molecule has 0 spiro atoms. The molecule has 1 N–H and O–H groups in total. The van der Waals surface area contributed by atoms with Crippen LogP contribution in [0.4, 0.5) is 11.5 Å². The molecule has 1 aromatic carbocycles. The lowest BCUT2D eigenvalue weighted by Gasteiger charge is -2.35. The van der Waals surface area contributed by atoms with Crippen molar-refractivity contribution in [3.63, 3.8) is 0 Å². The first-order valence-electron chi connectivity index (χ1n) is 10.4. The molecule has 1 saturated heterocycles. The molecule has 1 amide bonds. The summed E-state index contributed by atoms with van der Waals surface area (Å²) >= 11 is 1.34. The molecule has 0 atom stereocenters. The van der Waals surface area contributed by atoms with Crippen molar-refractivity contribution in [1.29, 1.82) is 0 Å². The second kappa shape index (κ2) is 8.60. The van der Waals surface area contributed by atoms with E-state index in [1.54, 1.807) is 11.0 Å². The van der Waals surface area contributed by atoms with E-state index < -0.39 is 0 Å². The van der Waals surface area contributed by atoms with Crippen molar-refractivity contribution in [3.8, 4) is 0 Å². The number of aryl methyl sites for hydroxylation is 2. The Morgan fingerprint density at radius 3 is 2.66 bits per heavy atom. The van der Waals surface area contributed by atoms with Gasteiger partial charge in [-0.25, -0.2) is 9.97 Å². The first-order valence-corrected chi connectivity index (χ1v) is 11.2. The second-order valence-electron chi connectivity index (χ2n) is 7.79. The Balaban J connectivity index is 1.18. The van der Waals surface area contributed by atoms with Crippen LogP contribution in [0.2, 0.25) is 0 Å². The third-order valence-corrected chi connectivity index (χ3v) is 6.42. The van der Waals surface area contributed by atoms with Gasteiger partial charge in [-0.3, -0.25) is 14.4 Å². The van der Waals surface area contributed by atoms with E-state index in [1.165, 1.54) is 11.3 Å². The number of carbonyl (C=O) groups is 1. The zero-order chi connectivity index (χ0) is 22.1. The average Bonchev–Trinajstić information content (AvgIpc) is 3.43. The van der Waals surface area contributed by atoms with Gasteiger partial charge < -0.3 is 10.2 Å². The molecule has 0 unspecified atom stereocenters. The van der Waals surface area contributed by atoms with Gasteiger partial charge in [-0.15, -0.1) is 10.2 Å². The number of fused-ring (bicyclic) bond motifs is 1. The van der Waals surface area contributed by atoms with Crippen LogP contribution in [-0.4, -0.2) is 66.9 Å². The minimum Gasteiger partial charge on any atom is -0.353 e. The quantitative estimate of drug-likeness (QED) is 0.494. The minimum atomic E-state index is -0.230. The Hall–Kier alpha value is -3.44. The van der Waals surface area contributed by atoms with Crippen LogP contribution < -0.4 is 10.2 Å². The highest BCUT2D eigenvalue weighted by Crippen LogP contribution is 2.24. The minimum absolute atomic E-state index is 0.230. The maximum Gasteiger partial charge on any atom is 0.286 e. The fourth-order valence-electron chi connectivity index (χ4n) is 3.74. The molecule has 11 heteroatoms. The van der Waals surface area contributed by atoms with Crippen molar-refractivity contribution in [2.45, 2.75) is 13.5 Å². The average molecular weight is 450 g/mol. The molecular weight excluding hydrogens is 426 g/mol. The van der Waals surface area contributed by atoms with Crippen LogP contribution in [-0.2, 0) is 13.6 Å². The van der Waals surface area contributed by atoms with E-state index in [1.807, 2.05) is 44.4 Å². The summed E-state index contributed by atoms with van der Waals surface area (Å²) in [6.45, 7) is 6.12. The van der Waals surface area contributed by atoms with Crippen LogP contribution in [0.1, 0.15) is 20.4 Å². The summed E-state index contributed by atoms with van der Waals surface area (Å²) in [6.07, 6.45) is 3.41. The number of anilines is 2. The van der Waals surface area contributed by atoms with Gasteiger partial charge in [0.1, 0.15) is 17.2 Å². The van der Waals surface area contributed by atoms with E-state index >= 15 is 0 Å². The van der Waals surface area contributed by atoms with Crippen molar-refractivity contribution >= 4 is 39.8 Å². The second-order valence-corrected chi connectivity index (χ2v) is 8.85. The van der Waals surface area contributed by atoms with Crippen LogP contribution in [0.3, 0.4) is 0 Å². The Morgan fingerprint density at radius 2 is 1.88 bits per heavy atom. The van der Waals surface area contributed by atoms with E-state index in [9.17, 15) is 4.79 Å². The van der Waals surface area contributed by atoms with E-state index in [4.69, 9.17) is 0 Å². The number of benzene rings is 1. The fraction of sp³-hybridized carbons (Fsp3) is 0.333. The molecule has 0 saturated carbocycles. The molecule has 0 bridgehead atoms. The smallest absolute Gasteiger partial charge is 0.286 e. The molecule has 3 aromatic heterocycles. The molecule has 4 heterocycles. The summed E-state index contributed by atoms with van der Waals surface area (Å²) in [5, 5.41) is 17.7. The van der Waals surface area contributed by atoms with Gasteiger partial charge in [0.15, 0.2) is 5.65 Å². The van der Waals surface area contributed by atoms with Gasteiger partial charge in [0.2, 0.25) is 5.01 Å². The highest BCUT2D eigenvalue weighted by atomic mass is 32.1. The molecule has 0 radical (unpaired) electrons. The largest absolute Gasteiger partial charge is 0.353 e. The SMILES string of the molecule is Cc1ccc(NC(=O)c2nnc(CN3CCN(c4ncnc5c4cnn5C)CC3)s2)cc1. The number of amides is 1. The zero-order valence-corrected chi connectivity index (χ0v) is 18.7. The van der Waals surface area contributed by atoms with Gasteiger partial charge in [0, 0.05) is 38.9 Å². The van der Waals surface area contributed by atoms with Crippen LogP contribution in [0.25, 0.3) is 11.0 Å². The Morgan fingerprint density at radius 1 is 1.09 bits per heavy atom. The Bertz CT molecular complexity index is 1240. The third kappa shape index (κ3) is 4.16. The van der Waals surface area contributed by atoms with E-state index in [0.717, 1.165) is 59.3 Å². The van der Waals surface area contributed by atoms with E-state index in [-0.39, 0.29) is 5.91 Å². The van der Waals surface area contributed by atoms with Crippen LogP contribution >= 0.6 is 11.3 Å². The predicted molar refractivity (Wildman–Crippen MR) is 123 cm³/mol. The molecule has 1 fully saturated rings. The van der Waals surface area contributed by atoms with Gasteiger partial charge in [0.05, 0.1) is 18.1 Å². The molecular formula is C21H23N9OS. The van der Waals surface area contributed by atoms with Crippen LogP contribution in [0.15, 0.2) is 36.8 Å². The Labute approximate surface area is 188 Å². The molecule has 164 valence electrons. The highest BCUT2D eigenvalue weighted by Gasteiger charge is 2.22. The van der Waals surface area contributed by atoms with Crippen molar-refractivity contribution < 1.29 is 4.79 Å². The monoisotopic (exact) mass is 449 g/mol. The maximum absolute atomic E-state index is 12.5. The fourth-order valence-corrected chi connectivity index (χ4v) is 4.52. The highest BCUT2D eigenvalue weighted by molar-refractivity contribution is 7.13. The Kier molecular flexibility index (Phi) is 5.50. The summed E-state index contributed by atoms with van der Waals surface area (Å²) in [4.78, 5) is 25.9. The third-order valence-electron chi connectivity index (χ3n) is 5.51. The molecule has 32 heavy (non-hydrogen) atoms. The first-order chi connectivity index (χ1) is 15.6. The van der Waals surface area contributed by atoms with Gasteiger partial charge >= 0.3 is 0 Å². The maximum atomic E-state index is 12.5. The zero-order valence-electron chi connectivity index (χ0n) is 17.9. The number of rotatable bonds is 5. The lowest BCUT2D eigenvalue weighted by molar-refractivity contribution is 0.102. The number of aromatic nitrogens is 6. The number of piperazine rings is 1. The molecule has 0 aliphatic carbocycles. The lowest BCUT2D eigenvalue weighted by atomic mass is 10.2. The number of hydrogen-bond acceptors (Lipinski definition) is 9. The van der Waals surface area contributed by atoms with E-state index in [2.05, 4.69) is 40.4 Å². The molecule has 5 rings (SSSR count). The summed E-state index contributed by atoms with van der Waals surface area (Å²) < 4.78 is 1.76.